The van der Waals surface area contributed by atoms with E-state index < -0.39 is 97.5 Å². The van der Waals surface area contributed by atoms with Gasteiger partial charge >= 0.3 is 39.5 Å². The molecule has 17 nitrogen and oxygen atoms in total. The van der Waals surface area contributed by atoms with E-state index in [1.54, 1.807) is 0 Å². The van der Waals surface area contributed by atoms with Crippen LogP contribution in [-0.2, 0) is 65.4 Å². The quantitative estimate of drug-likeness (QED) is 0.0222. The van der Waals surface area contributed by atoms with Crippen molar-refractivity contribution in [3.8, 4) is 0 Å². The third-order valence-electron chi connectivity index (χ3n) is 19.6. The second kappa shape index (κ2) is 73.6. The van der Waals surface area contributed by atoms with Gasteiger partial charge in [-0.3, -0.25) is 37.3 Å². The Hall–Kier alpha value is -1.94. The van der Waals surface area contributed by atoms with E-state index in [0.717, 1.165) is 102 Å². The van der Waals surface area contributed by atoms with Gasteiger partial charge in [0, 0.05) is 25.7 Å². The Morgan fingerprint density at radius 2 is 0.505 bits per heavy atom. The Labute approximate surface area is 619 Å². The molecule has 101 heavy (non-hydrogen) atoms. The summed E-state index contributed by atoms with van der Waals surface area (Å²) in [5.74, 6) is -0.454. The zero-order chi connectivity index (χ0) is 74.2. The molecule has 0 spiro atoms. The average molecular weight is 1480 g/mol. The number of aliphatic hydroxyl groups is 1. The number of hydrogen-bond acceptors (Lipinski definition) is 15. The molecule has 0 amide bonds. The second-order valence-electron chi connectivity index (χ2n) is 30.2. The highest BCUT2D eigenvalue weighted by molar-refractivity contribution is 7.47. The Morgan fingerprint density at radius 1 is 0.287 bits per heavy atom. The predicted octanol–water partition coefficient (Wildman–Crippen LogP) is 24.7. The highest BCUT2D eigenvalue weighted by atomic mass is 31.2. The lowest BCUT2D eigenvalue weighted by Crippen LogP contribution is -2.30. The summed E-state index contributed by atoms with van der Waals surface area (Å²) >= 11 is 0. The van der Waals surface area contributed by atoms with Crippen LogP contribution in [0.4, 0.5) is 0 Å². The number of unbranched alkanes of at least 4 members (excludes halogenated alkanes) is 50. The molecule has 0 aliphatic rings. The molecule has 0 aromatic heterocycles. The zero-order valence-electron chi connectivity index (χ0n) is 66.2. The van der Waals surface area contributed by atoms with E-state index in [1.807, 2.05) is 0 Å². The van der Waals surface area contributed by atoms with Gasteiger partial charge in [-0.15, -0.1) is 0 Å². The first-order chi connectivity index (χ1) is 48.9. The zero-order valence-corrected chi connectivity index (χ0v) is 68.0. The molecule has 0 aromatic carbocycles. The molecule has 19 heteroatoms. The van der Waals surface area contributed by atoms with Gasteiger partial charge in [0.15, 0.2) is 12.2 Å². The molecule has 3 unspecified atom stereocenters. The predicted molar refractivity (Wildman–Crippen MR) is 414 cm³/mol. The Kier molecular flexibility index (Phi) is 72.2. The molecule has 600 valence electrons. The average Bonchev–Trinajstić information content (AvgIpc) is 0.967. The molecule has 0 saturated carbocycles. The minimum atomic E-state index is -4.96. The molecule has 0 aliphatic carbocycles. The number of phosphoric acid groups is 2. The van der Waals surface area contributed by atoms with Crippen LogP contribution in [0.15, 0.2) is 0 Å². The van der Waals surface area contributed by atoms with Gasteiger partial charge in [0.2, 0.25) is 0 Å². The molecule has 0 aliphatic heterocycles. The Balaban J connectivity index is 5.22. The molecule has 0 radical (unpaired) electrons. The van der Waals surface area contributed by atoms with Gasteiger partial charge in [0.1, 0.15) is 19.3 Å². The summed E-state index contributed by atoms with van der Waals surface area (Å²) in [4.78, 5) is 73.0. The van der Waals surface area contributed by atoms with Crippen LogP contribution >= 0.6 is 15.6 Å². The fourth-order valence-electron chi connectivity index (χ4n) is 12.7. The lowest BCUT2D eigenvalue weighted by Gasteiger charge is -2.21. The van der Waals surface area contributed by atoms with E-state index in [-0.39, 0.29) is 25.7 Å². The van der Waals surface area contributed by atoms with Crippen LogP contribution in [0.3, 0.4) is 0 Å². The van der Waals surface area contributed by atoms with Crippen molar-refractivity contribution in [1.82, 2.24) is 0 Å². The van der Waals surface area contributed by atoms with Crippen LogP contribution in [-0.4, -0.2) is 96.7 Å². The molecule has 3 N–H and O–H groups in total. The fourth-order valence-corrected chi connectivity index (χ4v) is 14.3. The number of carbonyl (C=O) groups is 4. The summed E-state index contributed by atoms with van der Waals surface area (Å²) < 4.78 is 68.7. The largest absolute Gasteiger partial charge is 0.472 e. The maximum absolute atomic E-state index is 13.1. The van der Waals surface area contributed by atoms with Crippen molar-refractivity contribution < 1.29 is 80.2 Å². The van der Waals surface area contributed by atoms with E-state index in [4.69, 9.17) is 37.0 Å². The van der Waals surface area contributed by atoms with Gasteiger partial charge in [0.25, 0.3) is 0 Å². The highest BCUT2D eigenvalue weighted by Gasteiger charge is 2.30. The van der Waals surface area contributed by atoms with Crippen LogP contribution in [0.25, 0.3) is 0 Å². The molecule has 0 heterocycles. The van der Waals surface area contributed by atoms with E-state index in [2.05, 4.69) is 41.5 Å². The van der Waals surface area contributed by atoms with Gasteiger partial charge in [-0.1, -0.05) is 382 Å². The van der Waals surface area contributed by atoms with Crippen LogP contribution in [0.2, 0.25) is 0 Å². The van der Waals surface area contributed by atoms with Crippen molar-refractivity contribution in [2.45, 2.75) is 452 Å². The molecule has 0 rings (SSSR count). The second-order valence-corrected chi connectivity index (χ2v) is 33.1. The van der Waals surface area contributed by atoms with Gasteiger partial charge in [-0.05, 0) is 37.5 Å². The van der Waals surface area contributed by atoms with Crippen molar-refractivity contribution in [3.63, 3.8) is 0 Å². The lowest BCUT2D eigenvalue weighted by atomic mass is 9.99. The number of aliphatic hydroxyl groups excluding tert-OH is 1. The number of phosphoric ester groups is 2. The number of carbonyl (C=O) groups excluding carboxylic acids is 4. The number of hydrogen-bond donors (Lipinski definition) is 3. The van der Waals surface area contributed by atoms with Crippen molar-refractivity contribution in [3.05, 3.63) is 0 Å². The summed E-state index contributed by atoms with van der Waals surface area (Å²) in [5.41, 5.74) is 0. The lowest BCUT2D eigenvalue weighted by molar-refractivity contribution is -0.161. The van der Waals surface area contributed by atoms with E-state index >= 15 is 0 Å². The summed E-state index contributed by atoms with van der Waals surface area (Å²) in [5, 5.41) is 10.6. The molecule has 0 aromatic rings. The smallest absolute Gasteiger partial charge is 0.462 e. The van der Waals surface area contributed by atoms with Crippen LogP contribution < -0.4 is 0 Å². The van der Waals surface area contributed by atoms with Crippen LogP contribution in [0.1, 0.15) is 433 Å². The monoisotopic (exact) mass is 1480 g/mol. The first-order valence-corrected chi connectivity index (χ1v) is 45.5. The minimum Gasteiger partial charge on any atom is -0.462 e. The topological polar surface area (TPSA) is 237 Å². The molecule has 0 bridgehead atoms. The van der Waals surface area contributed by atoms with Gasteiger partial charge in [0.05, 0.1) is 26.4 Å². The molecule has 0 fully saturated rings. The first-order valence-electron chi connectivity index (χ1n) is 42.5. The molecular formula is C82H160O17P2. The van der Waals surface area contributed by atoms with Crippen molar-refractivity contribution in [1.29, 1.82) is 0 Å². The number of rotatable bonds is 81. The van der Waals surface area contributed by atoms with Gasteiger partial charge in [-0.25, -0.2) is 9.13 Å². The summed E-state index contributed by atoms with van der Waals surface area (Å²) in [7, 11) is -9.92. The third-order valence-corrected chi connectivity index (χ3v) is 21.5. The summed E-state index contributed by atoms with van der Waals surface area (Å²) in [6.07, 6.45) is 63.7. The standard InChI is InChI=1S/C82H160O17P2/c1-7-10-12-14-16-18-19-20-21-24-31-36-42-48-54-60-66-81(86)98-77(70-92-79(84)64-58-52-46-38-17-15-13-11-8-2)72-96-100(88,89)94-68-76(83)69-95-101(90,91)97-73-78(99-82(87)67-61-55-49-43-37-32-25-22-23-28-33-39-44-50-56-62-74(4)5)71-93-80(85)65-59-53-47-41-35-30-27-26-29-34-40-45-51-57-63-75(6)9-3/h74-78,83H,7-73H2,1-6H3,(H,88,89)(H,90,91)/t75?,76-,77+,78+/m0/s1. The van der Waals surface area contributed by atoms with E-state index in [9.17, 15) is 43.2 Å². The molecule has 0 saturated heterocycles. The van der Waals surface area contributed by atoms with Crippen molar-refractivity contribution in [2.24, 2.45) is 11.8 Å². The van der Waals surface area contributed by atoms with Crippen molar-refractivity contribution in [2.75, 3.05) is 39.6 Å². The highest BCUT2D eigenvalue weighted by Crippen LogP contribution is 2.45. The third kappa shape index (κ3) is 74.7. The molecule has 6 atom stereocenters. The Morgan fingerprint density at radius 3 is 0.752 bits per heavy atom. The van der Waals surface area contributed by atoms with Gasteiger partial charge < -0.3 is 33.8 Å². The SMILES string of the molecule is CCCCCCCCCCCCCCCCCCC(=O)O[C@H](COC(=O)CCCCCCCCCCC)COP(=O)(O)OC[C@H](O)COP(=O)(O)OC[C@@H](COC(=O)CCCCCCCCCCCCCCCCC(C)CC)OC(=O)CCCCCCCCCCCCCCCCCC(C)C. The van der Waals surface area contributed by atoms with Crippen LogP contribution in [0.5, 0.6) is 0 Å². The number of ether oxygens (including phenoxy) is 4. The summed E-state index contributed by atoms with van der Waals surface area (Å²) in [6, 6.07) is 0. The maximum atomic E-state index is 13.1. The molecular weight excluding hydrogens is 1320 g/mol. The van der Waals surface area contributed by atoms with E-state index in [1.165, 1.54) is 250 Å². The van der Waals surface area contributed by atoms with Gasteiger partial charge in [-0.2, -0.15) is 0 Å². The fraction of sp³-hybridized carbons (Fsp3) is 0.951. The minimum absolute atomic E-state index is 0.108. The Bertz CT molecular complexity index is 1940. The number of esters is 4. The van der Waals surface area contributed by atoms with Crippen molar-refractivity contribution >= 4 is 39.5 Å². The van der Waals surface area contributed by atoms with E-state index in [0.29, 0.717) is 25.7 Å². The maximum Gasteiger partial charge on any atom is 0.472 e. The normalized spacial score (nSPS) is 14.2. The first kappa shape index (κ1) is 99.1. The van der Waals surface area contributed by atoms with Crippen LogP contribution in [0, 0.1) is 11.8 Å². The summed E-state index contributed by atoms with van der Waals surface area (Å²) in [6.45, 7) is 9.72.